The van der Waals surface area contributed by atoms with Crippen LogP contribution in [-0.4, -0.2) is 17.9 Å². The maximum atomic E-state index is 4.09. The Morgan fingerprint density at radius 1 is 1.60 bits per heavy atom. The maximum absolute atomic E-state index is 4.09. The summed E-state index contributed by atoms with van der Waals surface area (Å²) in [5, 5.41) is 0.998. The molecule has 0 saturated heterocycles. The first-order chi connectivity index (χ1) is 4.97. The van der Waals surface area contributed by atoms with E-state index >= 15 is 0 Å². The highest BCUT2D eigenvalue weighted by atomic mass is 32.2. The third kappa shape index (κ3) is 0.998. The largest absolute Gasteiger partial charge is 0.258 e. The highest BCUT2D eigenvalue weighted by Gasteiger charge is 2.12. The van der Waals surface area contributed by atoms with Gasteiger partial charge in [-0.1, -0.05) is 6.08 Å². The van der Waals surface area contributed by atoms with E-state index in [0.29, 0.717) is 0 Å². The molecule has 10 heavy (non-hydrogen) atoms. The van der Waals surface area contributed by atoms with Gasteiger partial charge in [-0.05, 0) is 18.4 Å². The Morgan fingerprint density at radius 3 is 3.60 bits per heavy atom. The van der Waals surface area contributed by atoms with E-state index in [4.69, 9.17) is 0 Å². The fourth-order valence-electron chi connectivity index (χ4n) is 0.871. The van der Waals surface area contributed by atoms with Gasteiger partial charge in [0.25, 0.3) is 0 Å². The minimum Gasteiger partial charge on any atom is -0.258 e. The molecular weight excluding hydrogens is 146 g/mol. The zero-order valence-electron chi connectivity index (χ0n) is 5.37. The molecule has 0 aliphatic carbocycles. The van der Waals surface area contributed by atoms with Crippen LogP contribution in [0.4, 0.5) is 0 Å². The van der Waals surface area contributed by atoms with Gasteiger partial charge in [-0.25, -0.2) is 9.98 Å². The number of hydrogen-bond acceptors (Lipinski definition) is 4. The van der Waals surface area contributed by atoms with E-state index in [9.17, 15) is 0 Å². The van der Waals surface area contributed by atoms with Crippen molar-refractivity contribution in [2.24, 2.45) is 9.98 Å². The molecule has 0 spiro atoms. The minimum absolute atomic E-state index is 0.998. The van der Waals surface area contributed by atoms with Gasteiger partial charge in [0.15, 0.2) is 0 Å². The van der Waals surface area contributed by atoms with Crippen LogP contribution < -0.4 is 4.72 Å². The van der Waals surface area contributed by atoms with Gasteiger partial charge in [0.05, 0.1) is 5.70 Å². The van der Waals surface area contributed by atoms with Crippen molar-refractivity contribution >= 4 is 23.3 Å². The van der Waals surface area contributed by atoms with E-state index in [-0.39, 0.29) is 0 Å². The molecule has 0 atom stereocenters. The molecule has 0 amide bonds. The van der Waals surface area contributed by atoms with Crippen molar-refractivity contribution in [1.29, 1.82) is 0 Å². The van der Waals surface area contributed by atoms with Crippen molar-refractivity contribution in [3.63, 3.8) is 0 Å². The Hall–Kier alpha value is -0.610. The van der Waals surface area contributed by atoms with Gasteiger partial charge in [-0.3, -0.25) is 4.72 Å². The van der Waals surface area contributed by atoms with Crippen molar-refractivity contribution in [2.45, 2.75) is 6.42 Å². The van der Waals surface area contributed by atoms with E-state index < -0.39 is 0 Å². The fraction of sp³-hybridized carbons (Fsp3) is 0.333. The first kappa shape index (κ1) is 6.12. The molecule has 0 unspecified atom stereocenters. The predicted octanol–water partition coefficient (Wildman–Crippen LogP) is 0.952. The molecule has 2 rings (SSSR count). The molecular formula is C6H7N3S. The summed E-state index contributed by atoms with van der Waals surface area (Å²) in [5.74, 6) is 0. The molecule has 1 N–H and O–H groups in total. The molecule has 0 aromatic heterocycles. The van der Waals surface area contributed by atoms with Gasteiger partial charge < -0.3 is 0 Å². The lowest BCUT2D eigenvalue weighted by Crippen LogP contribution is -2.04. The maximum Gasteiger partial charge on any atom is 0.138 e. The standard InChI is InChI=1S/C6H7N3S/c1-2-5-6(8-4-7-5)10-9-3-1/h2,4,9H,1,3H2. The fourth-order valence-corrected chi connectivity index (χ4v) is 1.57. The Kier molecular flexibility index (Phi) is 1.56. The smallest absolute Gasteiger partial charge is 0.138 e. The lowest BCUT2D eigenvalue weighted by Gasteiger charge is -1.95. The van der Waals surface area contributed by atoms with Crippen LogP contribution in [0.5, 0.6) is 0 Å². The first-order valence-corrected chi connectivity index (χ1v) is 3.99. The average molecular weight is 153 g/mol. The number of hydrogen-bond donors (Lipinski definition) is 1. The molecule has 2 aliphatic rings. The second-order valence-corrected chi connectivity index (χ2v) is 2.93. The van der Waals surface area contributed by atoms with E-state index in [1.165, 1.54) is 0 Å². The Balaban J connectivity index is 2.28. The van der Waals surface area contributed by atoms with E-state index in [0.717, 1.165) is 23.7 Å². The van der Waals surface area contributed by atoms with Crippen LogP contribution in [0.25, 0.3) is 0 Å². The number of nitrogens with one attached hydrogen (secondary N) is 1. The first-order valence-electron chi connectivity index (χ1n) is 3.17. The van der Waals surface area contributed by atoms with Crippen molar-refractivity contribution in [3.8, 4) is 0 Å². The third-order valence-electron chi connectivity index (χ3n) is 1.34. The number of fused-ring (bicyclic) bond motifs is 1. The molecule has 52 valence electrons. The molecule has 2 aliphatic heterocycles. The van der Waals surface area contributed by atoms with Crippen LogP contribution in [-0.2, 0) is 0 Å². The summed E-state index contributed by atoms with van der Waals surface area (Å²) < 4.78 is 3.17. The van der Waals surface area contributed by atoms with Crippen molar-refractivity contribution in [2.75, 3.05) is 6.54 Å². The molecule has 0 fully saturated rings. The average Bonchev–Trinajstić information content (AvgIpc) is 2.28. The van der Waals surface area contributed by atoms with Gasteiger partial charge >= 0.3 is 0 Å². The summed E-state index contributed by atoms with van der Waals surface area (Å²) in [6.45, 7) is 1.00. The Labute approximate surface area is 63.5 Å². The molecule has 0 aromatic carbocycles. The number of rotatable bonds is 0. The quantitative estimate of drug-likeness (QED) is 0.526. The molecule has 0 saturated carbocycles. The second-order valence-electron chi connectivity index (χ2n) is 2.05. The second kappa shape index (κ2) is 2.56. The van der Waals surface area contributed by atoms with E-state index in [1.807, 2.05) is 0 Å². The van der Waals surface area contributed by atoms with Crippen LogP contribution in [0, 0.1) is 0 Å². The van der Waals surface area contributed by atoms with Gasteiger partial charge in [0.1, 0.15) is 11.4 Å². The molecule has 4 heteroatoms. The van der Waals surface area contributed by atoms with Crippen LogP contribution in [0.2, 0.25) is 0 Å². The summed E-state index contributed by atoms with van der Waals surface area (Å²) in [5.41, 5.74) is 1.02. The van der Waals surface area contributed by atoms with Crippen molar-refractivity contribution < 1.29 is 0 Å². The van der Waals surface area contributed by atoms with E-state index in [1.54, 1.807) is 18.3 Å². The Bertz CT molecular complexity index is 229. The monoisotopic (exact) mass is 153 g/mol. The summed E-state index contributed by atoms with van der Waals surface area (Å²) in [6.07, 6.45) is 4.75. The minimum atomic E-state index is 0.998. The van der Waals surface area contributed by atoms with Crippen LogP contribution >= 0.6 is 11.9 Å². The summed E-state index contributed by atoms with van der Waals surface area (Å²) in [4.78, 5) is 8.16. The molecule has 3 nitrogen and oxygen atoms in total. The summed E-state index contributed by atoms with van der Waals surface area (Å²) >= 11 is 1.56. The molecule has 0 radical (unpaired) electrons. The van der Waals surface area contributed by atoms with Crippen LogP contribution in [0.3, 0.4) is 0 Å². The third-order valence-corrected chi connectivity index (χ3v) is 2.20. The van der Waals surface area contributed by atoms with Gasteiger partial charge in [0.2, 0.25) is 0 Å². The normalized spacial score (nSPS) is 23.2. The molecule has 0 bridgehead atoms. The van der Waals surface area contributed by atoms with Crippen LogP contribution in [0.1, 0.15) is 6.42 Å². The lowest BCUT2D eigenvalue weighted by molar-refractivity contribution is 0.942. The lowest BCUT2D eigenvalue weighted by atomic mass is 10.3. The van der Waals surface area contributed by atoms with Gasteiger partial charge in [-0.2, -0.15) is 0 Å². The summed E-state index contributed by atoms with van der Waals surface area (Å²) in [7, 11) is 0. The Morgan fingerprint density at radius 2 is 2.60 bits per heavy atom. The number of nitrogens with zero attached hydrogens (tertiary/aromatic N) is 2. The highest BCUT2D eigenvalue weighted by molar-refractivity contribution is 8.12. The highest BCUT2D eigenvalue weighted by Crippen LogP contribution is 2.17. The molecule has 2 heterocycles. The zero-order valence-corrected chi connectivity index (χ0v) is 6.19. The van der Waals surface area contributed by atoms with Crippen LogP contribution in [0.15, 0.2) is 21.8 Å². The van der Waals surface area contributed by atoms with Gasteiger partial charge in [0, 0.05) is 6.54 Å². The summed E-state index contributed by atoms with van der Waals surface area (Å²) in [6, 6.07) is 0. The predicted molar refractivity (Wildman–Crippen MR) is 44.2 cm³/mol. The van der Waals surface area contributed by atoms with Crippen molar-refractivity contribution in [3.05, 3.63) is 11.8 Å². The van der Waals surface area contributed by atoms with E-state index in [2.05, 4.69) is 20.8 Å². The van der Waals surface area contributed by atoms with Gasteiger partial charge in [-0.15, -0.1) is 0 Å². The topological polar surface area (TPSA) is 36.8 Å². The number of aliphatic imine (C=N–C) groups is 2. The van der Waals surface area contributed by atoms with Crippen molar-refractivity contribution in [1.82, 2.24) is 4.72 Å². The SMILES string of the molecule is C1=NC2=CCCNSC2=N1. The molecule has 0 aromatic rings. The zero-order chi connectivity index (χ0) is 6.81.